The van der Waals surface area contributed by atoms with Gasteiger partial charge >= 0.3 is 0 Å². The smallest absolute Gasteiger partial charge is 0.108 e. The van der Waals surface area contributed by atoms with Crippen molar-refractivity contribution in [1.29, 1.82) is 0 Å². The van der Waals surface area contributed by atoms with Crippen molar-refractivity contribution in [3.8, 4) is 0 Å². The molecule has 0 aliphatic carbocycles. The van der Waals surface area contributed by atoms with Crippen molar-refractivity contribution < 1.29 is 4.74 Å². The largest absolute Gasteiger partial charge is 0.378 e. The van der Waals surface area contributed by atoms with Crippen LogP contribution in [0.5, 0.6) is 0 Å². The van der Waals surface area contributed by atoms with E-state index in [0.29, 0.717) is 19.7 Å². The first-order valence-electron chi connectivity index (χ1n) is 3.45. The van der Waals surface area contributed by atoms with Gasteiger partial charge in [0.25, 0.3) is 0 Å². The van der Waals surface area contributed by atoms with Crippen molar-refractivity contribution in [3.05, 3.63) is 11.9 Å². The van der Waals surface area contributed by atoms with Gasteiger partial charge in [0, 0.05) is 13.7 Å². The fourth-order valence-corrected chi connectivity index (χ4v) is 0.794. The van der Waals surface area contributed by atoms with Gasteiger partial charge in [0.1, 0.15) is 5.69 Å². The summed E-state index contributed by atoms with van der Waals surface area (Å²) in [6, 6.07) is 0. The minimum atomic E-state index is 0.505. The van der Waals surface area contributed by atoms with Crippen LogP contribution in [-0.2, 0) is 17.9 Å². The normalized spacial score (nSPS) is 10.4. The molecule has 0 fully saturated rings. The zero-order chi connectivity index (χ0) is 8.10. The van der Waals surface area contributed by atoms with Gasteiger partial charge in [0.15, 0.2) is 0 Å². The Labute approximate surface area is 65.1 Å². The van der Waals surface area contributed by atoms with E-state index in [-0.39, 0.29) is 0 Å². The number of aromatic nitrogens is 3. The van der Waals surface area contributed by atoms with Crippen LogP contribution in [-0.4, -0.2) is 28.6 Å². The van der Waals surface area contributed by atoms with Crippen molar-refractivity contribution >= 4 is 0 Å². The van der Waals surface area contributed by atoms with Crippen LogP contribution in [0.3, 0.4) is 0 Å². The topological polar surface area (TPSA) is 66.0 Å². The Hall–Kier alpha value is -0.940. The fourth-order valence-electron chi connectivity index (χ4n) is 0.794. The Kier molecular flexibility index (Phi) is 3.00. The molecule has 0 aliphatic rings. The lowest BCUT2D eigenvalue weighted by molar-refractivity contribution is 0.181. The van der Waals surface area contributed by atoms with Gasteiger partial charge in [-0.05, 0) is 0 Å². The van der Waals surface area contributed by atoms with Gasteiger partial charge in [0.2, 0.25) is 0 Å². The third-order valence-corrected chi connectivity index (χ3v) is 1.24. The van der Waals surface area contributed by atoms with Crippen molar-refractivity contribution in [3.63, 3.8) is 0 Å². The van der Waals surface area contributed by atoms with Crippen LogP contribution in [0.4, 0.5) is 0 Å². The van der Waals surface area contributed by atoms with E-state index in [1.165, 1.54) is 0 Å². The Morgan fingerprint density at radius 1 is 1.73 bits per heavy atom. The quantitative estimate of drug-likeness (QED) is 0.631. The van der Waals surface area contributed by atoms with Crippen LogP contribution in [0.25, 0.3) is 0 Å². The molecule has 0 unspecified atom stereocenters. The van der Waals surface area contributed by atoms with E-state index in [2.05, 4.69) is 10.3 Å². The number of nitrogens with zero attached hydrogens (tertiary/aromatic N) is 3. The third kappa shape index (κ3) is 2.28. The molecule has 62 valence electrons. The molecule has 11 heavy (non-hydrogen) atoms. The molecular formula is C6H12N4O. The number of methoxy groups -OCH3 is 1. The van der Waals surface area contributed by atoms with Gasteiger partial charge in [0.05, 0.1) is 19.3 Å². The number of nitrogens with two attached hydrogens (primary N) is 1. The van der Waals surface area contributed by atoms with Gasteiger partial charge in [-0.2, -0.15) is 0 Å². The molecule has 0 amide bonds. The maximum Gasteiger partial charge on any atom is 0.108 e. The van der Waals surface area contributed by atoms with Crippen LogP contribution >= 0.6 is 0 Å². The molecule has 2 N–H and O–H groups in total. The highest BCUT2D eigenvalue weighted by molar-refractivity contribution is 4.89. The summed E-state index contributed by atoms with van der Waals surface area (Å²) in [5.74, 6) is 0. The molecule has 0 saturated heterocycles. The maximum absolute atomic E-state index is 5.32. The molecule has 0 bridgehead atoms. The number of rotatable bonds is 4. The second kappa shape index (κ2) is 4.05. The highest BCUT2D eigenvalue weighted by atomic mass is 16.5. The monoisotopic (exact) mass is 156 g/mol. The van der Waals surface area contributed by atoms with E-state index in [0.717, 1.165) is 5.69 Å². The van der Waals surface area contributed by atoms with Gasteiger partial charge in [-0.3, -0.25) is 4.68 Å². The second-order valence-electron chi connectivity index (χ2n) is 2.19. The molecule has 0 radical (unpaired) electrons. The van der Waals surface area contributed by atoms with Gasteiger partial charge in [-0.1, -0.05) is 5.21 Å². The van der Waals surface area contributed by atoms with Gasteiger partial charge < -0.3 is 10.5 Å². The molecule has 0 saturated carbocycles. The molecule has 0 spiro atoms. The maximum atomic E-state index is 5.32. The predicted octanol–water partition coefficient (Wildman–Crippen LogP) is -0.617. The van der Waals surface area contributed by atoms with Crippen molar-refractivity contribution in [2.24, 2.45) is 5.73 Å². The SMILES string of the molecule is COCc1cn(CCN)nn1. The van der Waals surface area contributed by atoms with Crippen LogP contribution in [0.1, 0.15) is 5.69 Å². The van der Waals surface area contributed by atoms with Crippen LogP contribution in [0.2, 0.25) is 0 Å². The second-order valence-corrected chi connectivity index (χ2v) is 2.19. The summed E-state index contributed by atoms with van der Waals surface area (Å²) in [7, 11) is 1.63. The first kappa shape index (κ1) is 8.16. The Morgan fingerprint density at radius 3 is 3.18 bits per heavy atom. The summed E-state index contributed by atoms with van der Waals surface area (Å²) in [4.78, 5) is 0. The molecule has 5 nitrogen and oxygen atoms in total. The average molecular weight is 156 g/mol. The summed E-state index contributed by atoms with van der Waals surface area (Å²) in [5, 5.41) is 7.69. The summed E-state index contributed by atoms with van der Waals surface area (Å²) in [6.07, 6.45) is 1.83. The molecule has 0 aromatic carbocycles. The first-order valence-corrected chi connectivity index (χ1v) is 3.45. The average Bonchev–Trinajstić information content (AvgIpc) is 2.38. The molecule has 0 aliphatic heterocycles. The van der Waals surface area contributed by atoms with Crippen LogP contribution < -0.4 is 5.73 Å². The summed E-state index contributed by atoms with van der Waals surface area (Å²) in [6.45, 7) is 1.79. The van der Waals surface area contributed by atoms with Crippen LogP contribution in [0.15, 0.2) is 6.20 Å². The van der Waals surface area contributed by atoms with Gasteiger partial charge in [-0.15, -0.1) is 5.10 Å². The summed E-state index contributed by atoms with van der Waals surface area (Å²) in [5.41, 5.74) is 6.16. The van der Waals surface area contributed by atoms with Crippen molar-refractivity contribution in [2.45, 2.75) is 13.2 Å². The van der Waals surface area contributed by atoms with E-state index in [4.69, 9.17) is 10.5 Å². The summed E-state index contributed by atoms with van der Waals surface area (Å²) < 4.78 is 6.57. The molecule has 1 heterocycles. The lowest BCUT2D eigenvalue weighted by atomic mass is 10.5. The fraction of sp³-hybridized carbons (Fsp3) is 0.667. The first-order chi connectivity index (χ1) is 5.36. The highest BCUT2D eigenvalue weighted by Crippen LogP contribution is 1.93. The Balaban J connectivity index is 2.51. The van der Waals surface area contributed by atoms with Gasteiger partial charge in [-0.25, -0.2) is 0 Å². The lowest BCUT2D eigenvalue weighted by Gasteiger charge is -1.92. The molecule has 5 heteroatoms. The zero-order valence-corrected chi connectivity index (χ0v) is 6.53. The lowest BCUT2D eigenvalue weighted by Crippen LogP contribution is -2.10. The van der Waals surface area contributed by atoms with E-state index in [9.17, 15) is 0 Å². The number of hydrogen-bond donors (Lipinski definition) is 1. The standard InChI is InChI=1S/C6H12N4O/c1-11-5-6-4-10(3-2-7)9-8-6/h4H,2-3,5,7H2,1H3. The Bertz CT molecular complexity index is 190. The van der Waals surface area contributed by atoms with Crippen molar-refractivity contribution in [1.82, 2.24) is 15.0 Å². The molecule has 1 aromatic rings. The molecule has 0 atom stereocenters. The third-order valence-electron chi connectivity index (χ3n) is 1.24. The summed E-state index contributed by atoms with van der Waals surface area (Å²) >= 11 is 0. The highest BCUT2D eigenvalue weighted by Gasteiger charge is 1.97. The molecule has 1 aromatic heterocycles. The van der Waals surface area contributed by atoms with Crippen LogP contribution in [0, 0.1) is 0 Å². The molecular weight excluding hydrogens is 144 g/mol. The van der Waals surface area contributed by atoms with Crippen molar-refractivity contribution in [2.75, 3.05) is 13.7 Å². The van der Waals surface area contributed by atoms with E-state index >= 15 is 0 Å². The molecule has 1 rings (SSSR count). The van der Waals surface area contributed by atoms with E-state index < -0.39 is 0 Å². The Morgan fingerprint density at radius 2 is 2.55 bits per heavy atom. The van der Waals surface area contributed by atoms with E-state index in [1.54, 1.807) is 11.8 Å². The van der Waals surface area contributed by atoms with E-state index in [1.807, 2.05) is 6.20 Å². The minimum Gasteiger partial charge on any atom is -0.378 e. The predicted molar refractivity (Wildman–Crippen MR) is 39.8 cm³/mol. The number of ether oxygens (including phenoxy) is 1. The number of hydrogen-bond acceptors (Lipinski definition) is 4. The minimum absolute atomic E-state index is 0.505. The zero-order valence-electron chi connectivity index (χ0n) is 6.53.